The Kier molecular flexibility index (Phi) is 4.97. The van der Waals surface area contributed by atoms with Crippen molar-refractivity contribution < 1.29 is 17.9 Å². The number of rotatable bonds is 3. The number of nitrogens with zero attached hydrogens (tertiary/aromatic N) is 1. The lowest BCUT2D eigenvalue weighted by Gasteiger charge is -2.17. The molecule has 21 heavy (non-hydrogen) atoms. The van der Waals surface area contributed by atoms with E-state index in [1.807, 2.05) is 0 Å². The van der Waals surface area contributed by atoms with Gasteiger partial charge in [0.15, 0.2) is 0 Å². The number of likely N-dealkylation sites (tertiary alicyclic amines) is 1. The monoisotopic (exact) mass is 395 g/mol. The number of hydrogen-bond acceptors (Lipinski definition) is 4. The average molecular weight is 397 g/mol. The van der Waals surface area contributed by atoms with Crippen molar-refractivity contribution in [2.75, 3.05) is 20.2 Å². The van der Waals surface area contributed by atoms with E-state index >= 15 is 0 Å². The van der Waals surface area contributed by atoms with Crippen LogP contribution in [-0.4, -0.2) is 45.5 Å². The quantitative estimate of drug-likeness (QED) is 0.737. The fourth-order valence-corrected chi connectivity index (χ4v) is 4.13. The van der Waals surface area contributed by atoms with E-state index in [0.29, 0.717) is 28.7 Å². The second kappa shape index (κ2) is 6.24. The van der Waals surface area contributed by atoms with Gasteiger partial charge < -0.3 is 9.64 Å². The molecule has 1 amide bonds. The van der Waals surface area contributed by atoms with Gasteiger partial charge in [0.25, 0.3) is 15.0 Å². The van der Waals surface area contributed by atoms with Crippen LogP contribution in [0.15, 0.2) is 21.5 Å². The van der Waals surface area contributed by atoms with Crippen molar-refractivity contribution in [1.29, 1.82) is 0 Å². The maximum Gasteiger partial charge on any atom is 0.261 e. The molecule has 0 saturated carbocycles. The summed E-state index contributed by atoms with van der Waals surface area (Å²) in [5.74, 6) is -0.225. The SMILES string of the molecule is COC1CCN(C(=O)c2cc(Br)c(C)c(S(=O)(=O)Cl)c2)C1. The minimum atomic E-state index is -3.90. The van der Waals surface area contributed by atoms with Crippen LogP contribution in [0.4, 0.5) is 0 Å². The first-order valence-electron chi connectivity index (χ1n) is 6.31. The lowest BCUT2D eigenvalue weighted by Crippen LogP contribution is -2.30. The summed E-state index contributed by atoms with van der Waals surface area (Å²) in [6, 6.07) is 2.94. The first kappa shape index (κ1) is 16.7. The van der Waals surface area contributed by atoms with E-state index in [0.717, 1.165) is 6.42 Å². The van der Waals surface area contributed by atoms with Crippen LogP contribution in [0.3, 0.4) is 0 Å². The van der Waals surface area contributed by atoms with Gasteiger partial charge in [-0.1, -0.05) is 15.9 Å². The number of benzene rings is 1. The molecule has 8 heteroatoms. The predicted octanol–water partition coefficient (Wildman–Crippen LogP) is 2.55. The van der Waals surface area contributed by atoms with E-state index < -0.39 is 9.05 Å². The highest BCUT2D eigenvalue weighted by atomic mass is 79.9. The highest BCUT2D eigenvalue weighted by molar-refractivity contribution is 9.10. The molecule has 2 rings (SSSR count). The summed E-state index contributed by atoms with van der Waals surface area (Å²) in [5.41, 5.74) is 0.779. The zero-order valence-electron chi connectivity index (χ0n) is 11.6. The summed E-state index contributed by atoms with van der Waals surface area (Å²) in [4.78, 5) is 14.1. The van der Waals surface area contributed by atoms with Gasteiger partial charge in [-0.25, -0.2) is 8.42 Å². The van der Waals surface area contributed by atoms with Crippen LogP contribution >= 0.6 is 26.6 Å². The molecule has 0 bridgehead atoms. The van der Waals surface area contributed by atoms with Crippen molar-refractivity contribution in [2.45, 2.75) is 24.3 Å². The van der Waals surface area contributed by atoms with Crippen LogP contribution in [0.1, 0.15) is 22.3 Å². The van der Waals surface area contributed by atoms with E-state index in [1.54, 1.807) is 25.0 Å². The molecule has 0 N–H and O–H groups in total. The summed E-state index contributed by atoms with van der Waals surface area (Å²) in [7, 11) is 3.13. The highest BCUT2D eigenvalue weighted by Gasteiger charge is 2.28. The van der Waals surface area contributed by atoms with E-state index in [1.165, 1.54) is 6.07 Å². The molecule has 1 saturated heterocycles. The summed E-state index contributed by atoms with van der Waals surface area (Å²) < 4.78 is 29.0. The fourth-order valence-electron chi connectivity index (χ4n) is 2.32. The van der Waals surface area contributed by atoms with Crippen molar-refractivity contribution in [3.8, 4) is 0 Å². The second-order valence-electron chi connectivity index (χ2n) is 4.92. The normalized spacial score (nSPS) is 19.0. The topological polar surface area (TPSA) is 63.7 Å². The summed E-state index contributed by atoms with van der Waals surface area (Å²) in [5, 5.41) is 0. The van der Waals surface area contributed by atoms with Crippen molar-refractivity contribution in [3.63, 3.8) is 0 Å². The minimum absolute atomic E-state index is 0.0269. The Morgan fingerprint density at radius 1 is 1.48 bits per heavy atom. The van der Waals surface area contributed by atoms with Gasteiger partial charge >= 0.3 is 0 Å². The molecule has 0 spiro atoms. The highest BCUT2D eigenvalue weighted by Crippen LogP contribution is 2.29. The largest absolute Gasteiger partial charge is 0.380 e. The van der Waals surface area contributed by atoms with E-state index in [4.69, 9.17) is 15.4 Å². The van der Waals surface area contributed by atoms with E-state index in [-0.39, 0.29) is 16.9 Å². The van der Waals surface area contributed by atoms with Crippen molar-refractivity contribution >= 4 is 41.6 Å². The molecule has 1 unspecified atom stereocenters. The third kappa shape index (κ3) is 3.59. The van der Waals surface area contributed by atoms with Crippen molar-refractivity contribution in [2.24, 2.45) is 0 Å². The Bertz CT molecular complexity index is 677. The number of hydrogen-bond donors (Lipinski definition) is 0. The van der Waals surface area contributed by atoms with Gasteiger partial charge in [0.05, 0.1) is 11.0 Å². The summed E-state index contributed by atoms with van der Waals surface area (Å²) in [6.45, 7) is 2.72. The molecular weight excluding hydrogens is 382 g/mol. The lowest BCUT2D eigenvalue weighted by molar-refractivity contribution is 0.0724. The maximum absolute atomic E-state index is 12.5. The zero-order valence-corrected chi connectivity index (χ0v) is 14.8. The minimum Gasteiger partial charge on any atom is -0.380 e. The van der Waals surface area contributed by atoms with Crippen molar-refractivity contribution in [3.05, 3.63) is 27.7 Å². The van der Waals surface area contributed by atoms with E-state index in [9.17, 15) is 13.2 Å². The third-order valence-electron chi connectivity index (χ3n) is 3.57. The van der Waals surface area contributed by atoms with Crippen LogP contribution in [-0.2, 0) is 13.8 Å². The molecule has 116 valence electrons. The lowest BCUT2D eigenvalue weighted by atomic mass is 10.1. The number of methoxy groups -OCH3 is 1. The molecule has 0 radical (unpaired) electrons. The van der Waals surface area contributed by atoms with E-state index in [2.05, 4.69) is 15.9 Å². The molecule has 1 aliphatic rings. The van der Waals surface area contributed by atoms with Crippen LogP contribution in [0.25, 0.3) is 0 Å². The molecule has 1 fully saturated rings. The molecule has 1 atom stereocenters. The van der Waals surface area contributed by atoms with Crippen LogP contribution in [0.5, 0.6) is 0 Å². The predicted molar refractivity (Wildman–Crippen MR) is 83.2 cm³/mol. The molecule has 1 aromatic rings. The maximum atomic E-state index is 12.5. The number of carbonyl (C=O) groups excluding carboxylic acids is 1. The van der Waals surface area contributed by atoms with Gasteiger partial charge in [-0.3, -0.25) is 4.79 Å². The Hall–Kier alpha value is -0.630. The summed E-state index contributed by atoms with van der Waals surface area (Å²) in [6.07, 6.45) is 0.801. The van der Waals surface area contributed by atoms with Crippen LogP contribution in [0.2, 0.25) is 0 Å². The number of carbonyl (C=O) groups is 1. The smallest absolute Gasteiger partial charge is 0.261 e. The Morgan fingerprint density at radius 3 is 2.67 bits per heavy atom. The Morgan fingerprint density at radius 2 is 2.14 bits per heavy atom. The van der Waals surface area contributed by atoms with Crippen LogP contribution in [0, 0.1) is 6.92 Å². The molecule has 1 heterocycles. The Labute approximate surface area is 136 Å². The number of amides is 1. The van der Waals surface area contributed by atoms with Crippen molar-refractivity contribution in [1.82, 2.24) is 4.90 Å². The van der Waals surface area contributed by atoms with Crippen LogP contribution < -0.4 is 0 Å². The molecule has 0 aliphatic carbocycles. The molecule has 1 aliphatic heterocycles. The Balaban J connectivity index is 2.37. The summed E-state index contributed by atoms with van der Waals surface area (Å²) >= 11 is 3.27. The van der Waals surface area contributed by atoms with Gasteiger partial charge in [0.1, 0.15) is 0 Å². The van der Waals surface area contributed by atoms with Gasteiger partial charge in [-0.05, 0) is 31.0 Å². The average Bonchev–Trinajstić information content (AvgIpc) is 2.88. The van der Waals surface area contributed by atoms with Gasteiger partial charge in [0, 0.05) is 40.9 Å². The van der Waals surface area contributed by atoms with Gasteiger partial charge in [0.2, 0.25) is 0 Å². The molecular formula is C13H15BrClNO4S. The fraction of sp³-hybridized carbons (Fsp3) is 0.462. The zero-order chi connectivity index (χ0) is 15.8. The second-order valence-corrected chi connectivity index (χ2v) is 8.31. The van der Waals surface area contributed by atoms with Gasteiger partial charge in [-0.2, -0.15) is 0 Å². The number of halogens is 2. The first-order valence-corrected chi connectivity index (χ1v) is 9.41. The molecule has 1 aromatic carbocycles. The first-order chi connectivity index (χ1) is 9.74. The standard InChI is InChI=1S/C13H15BrClNO4S/c1-8-11(14)5-9(6-12(8)21(15,18)19)13(17)16-4-3-10(7-16)20-2/h5-6,10H,3-4,7H2,1-2H3. The third-order valence-corrected chi connectivity index (χ3v) is 5.84. The number of ether oxygens (including phenoxy) is 1. The molecule has 5 nitrogen and oxygen atoms in total. The molecule has 0 aromatic heterocycles. The van der Waals surface area contributed by atoms with Gasteiger partial charge in [-0.15, -0.1) is 0 Å².